The summed E-state index contributed by atoms with van der Waals surface area (Å²) in [5, 5.41) is 7.76. The van der Waals surface area contributed by atoms with Crippen LogP contribution >= 0.6 is 11.3 Å². The Hall–Kier alpha value is -1.32. The Morgan fingerprint density at radius 3 is 2.53 bits per heavy atom. The van der Waals surface area contributed by atoms with Crippen molar-refractivity contribution in [3.8, 4) is 0 Å². The van der Waals surface area contributed by atoms with Crippen LogP contribution in [0.4, 0.5) is 5.69 Å². The first-order valence-electron chi connectivity index (χ1n) is 6.81. The molecule has 0 amide bonds. The van der Waals surface area contributed by atoms with Gasteiger partial charge in [0.25, 0.3) is 0 Å². The molecule has 3 heteroatoms. The predicted octanol–water partition coefficient (Wildman–Crippen LogP) is 3.88. The Morgan fingerprint density at radius 1 is 1.11 bits per heavy atom. The Labute approximate surface area is 120 Å². The third-order valence-electron chi connectivity index (χ3n) is 3.13. The molecule has 2 nitrogen and oxygen atoms in total. The normalized spacial score (nSPS) is 10.6. The van der Waals surface area contributed by atoms with E-state index in [1.54, 1.807) is 11.3 Å². The van der Waals surface area contributed by atoms with Gasteiger partial charge in [0.05, 0.1) is 0 Å². The van der Waals surface area contributed by atoms with E-state index in [-0.39, 0.29) is 0 Å². The number of nitrogens with one attached hydrogen (secondary N) is 1. The number of benzene rings is 1. The van der Waals surface area contributed by atoms with Crippen molar-refractivity contribution in [2.24, 2.45) is 0 Å². The quantitative estimate of drug-likeness (QED) is 0.771. The van der Waals surface area contributed by atoms with E-state index in [4.69, 9.17) is 0 Å². The Kier molecular flexibility index (Phi) is 5.43. The molecule has 1 aromatic carbocycles. The van der Waals surface area contributed by atoms with Crippen LogP contribution in [0.25, 0.3) is 0 Å². The number of rotatable bonds is 7. The first-order valence-corrected chi connectivity index (χ1v) is 7.75. The SMILES string of the molecule is CCCNCc1ccc(N(C)Cc2ccsc2)cc1. The first kappa shape index (κ1) is 14.1. The molecule has 2 aromatic rings. The van der Waals surface area contributed by atoms with Gasteiger partial charge < -0.3 is 10.2 Å². The second-order valence-corrected chi connectivity index (χ2v) is 5.61. The van der Waals surface area contributed by atoms with Crippen LogP contribution in [0.2, 0.25) is 0 Å². The molecule has 0 saturated carbocycles. The van der Waals surface area contributed by atoms with Crippen LogP contribution in [0.3, 0.4) is 0 Å². The van der Waals surface area contributed by atoms with Gasteiger partial charge in [-0.2, -0.15) is 11.3 Å². The van der Waals surface area contributed by atoms with Gasteiger partial charge in [-0.25, -0.2) is 0 Å². The largest absolute Gasteiger partial charge is 0.370 e. The molecule has 0 radical (unpaired) electrons. The van der Waals surface area contributed by atoms with Crippen molar-refractivity contribution in [3.05, 3.63) is 52.2 Å². The second kappa shape index (κ2) is 7.31. The Balaban J connectivity index is 1.90. The van der Waals surface area contributed by atoms with Gasteiger partial charge in [-0.15, -0.1) is 0 Å². The zero-order valence-electron chi connectivity index (χ0n) is 11.7. The molecule has 0 aliphatic carbocycles. The molecule has 19 heavy (non-hydrogen) atoms. The van der Waals surface area contributed by atoms with Crippen molar-refractivity contribution in [1.82, 2.24) is 5.32 Å². The molecule has 0 fully saturated rings. The number of anilines is 1. The summed E-state index contributed by atoms with van der Waals surface area (Å²) in [6.07, 6.45) is 1.18. The zero-order chi connectivity index (χ0) is 13.5. The standard InChI is InChI=1S/C16H22N2S/c1-3-9-17-11-14-4-6-16(7-5-14)18(2)12-15-8-10-19-13-15/h4-8,10,13,17H,3,9,11-12H2,1-2H3. The molecule has 1 N–H and O–H groups in total. The van der Waals surface area contributed by atoms with E-state index in [1.807, 2.05) is 0 Å². The van der Waals surface area contributed by atoms with E-state index in [0.29, 0.717) is 0 Å². The summed E-state index contributed by atoms with van der Waals surface area (Å²) in [7, 11) is 2.14. The predicted molar refractivity (Wildman–Crippen MR) is 84.9 cm³/mol. The zero-order valence-corrected chi connectivity index (χ0v) is 12.5. The summed E-state index contributed by atoms with van der Waals surface area (Å²) in [5.41, 5.74) is 3.99. The summed E-state index contributed by atoms with van der Waals surface area (Å²) in [6.45, 7) is 5.20. The van der Waals surface area contributed by atoms with Crippen molar-refractivity contribution in [1.29, 1.82) is 0 Å². The average Bonchev–Trinajstić information content (AvgIpc) is 2.93. The monoisotopic (exact) mass is 274 g/mol. The van der Waals surface area contributed by atoms with Crippen molar-refractivity contribution < 1.29 is 0 Å². The lowest BCUT2D eigenvalue weighted by Crippen LogP contribution is -2.16. The van der Waals surface area contributed by atoms with Crippen molar-refractivity contribution in [2.75, 3.05) is 18.5 Å². The molecule has 0 bridgehead atoms. The lowest BCUT2D eigenvalue weighted by Gasteiger charge is -2.19. The maximum absolute atomic E-state index is 3.42. The fourth-order valence-electron chi connectivity index (χ4n) is 2.03. The fourth-order valence-corrected chi connectivity index (χ4v) is 2.69. The first-order chi connectivity index (χ1) is 9.29. The van der Waals surface area contributed by atoms with Crippen LogP contribution in [-0.4, -0.2) is 13.6 Å². The molecule has 0 unspecified atom stereocenters. The number of hydrogen-bond acceptors (Lipinski definition) is 3. The molecule has 0 saturated heterocycles. The molecule has 102 valence electrons. The summed E-state index contributed by atoms with van der Waals surface area (Å²) in [4.78, 5) is 2.28. The van der Waals surface area contributed by atoms with Crippen LogP contribution in [0.15, 0.2) is 41.1 Å². The van der Waals surface area contributed by atoms with Gasteiger partial charge in [-0.1, -0.05) is 19.1 Å². The Morgan fingerprint density at radius 2 is 1.89 bits per heavy atom. The minimum Gasteiger partial charge on any atom is -0.370 e. The number of thiophene rings is 1. The van der Waals surface area contributed by atoms with Gasteiger partial charge in [0.1, 0.15) is 0 Å². The number of hydrogen-bond donors (Lipinski definition) is 1. The highest BCUT2D eigenvalue weighted by Crippen LogP contribution is 2.17. The van der Waals surface area contributed by atoms with Crippen LogP contribution in [0.1, 0.15) is 24.5 Å². The lowest BCUT2D eigenvalue weighted by atomic mass is 10.2. The van der Waals surface area contributed by atoms with E-state index >= 15 is 0 Å². The molecule has 1 heterocycles. The highest BCUT2D eigenvalue weighted by molar-refractivity contribution is 7.07. The summed E-state index contributed by atoms with van der Waals surface area (Å²) < 4.78 is 0. The highest BCUT2D eigenvalue weighted by Gasteiger charge is 2.02. The Bertz CT molecular complexity index is 462. The molecule has 2 rings (SSSR count). The van der Waals surface area contributed by atoms with Crippen molar-refractivity contribution >= 4 is 17.0 Å². The van der Waals surface area contributed by atoms with E-state index in [9.17, 15) is 0 Å². The molecule has 0 aliphatic heterocycles. The van der Waals surface area contributed by atoms with E-state index in [2.05, 4.69) is 65.3 Å². The maximum Gasteiger partial charge on any atom is 0.0434 e. The molecule has 0 spiro atoms. The van der Waals surface area contributed by atoms with Crippen LogP contribution in [0.5, 0.6) is 0 Å². The van der Waals surface area contributed by atoms with Gasteiger partial charge in [-0.05, 0) is 53.1 Å². The lowest BCUT2D eigenvalue weighted by molar-refractivity contribution is 0.675. The second-order valence-electron chi connectivity index (χ2n) is 4.83. The fraction of sp³-hybridized carbons (Fsp3) is 0.375. The third-order valence-corrected chi connectivity index (χ3v) is 3.86. The van der Waals surface area contributed by atoms with E-state index < -0.39 is 0 Å². The van der Waals surface area contributed by atoms with Gasteiger partial charge >= 0.3 is 0 Å². The minimum absolute atomic E-state index is 0.961. The van der Waals surface area contributed by atoms with Crippen molar-refractivity contribution in [2.45, 2.75) is 26.4 Å². The molecular formula is C16H22N2S. The van der Waals surface area contributed by atoms with Crippen LogP contribution in [0, 0.1) is 0 Å². The maximum atomic E-state index is 3.42. The van der Waals surface area contributed by atoms with Gasteiger partial charge in [-0.3, -0.25) is 0 Å². The summed E-state index contributed by atoms with van der Waals surface area (Å²) in [5.74, 6) is 0. The topological polar surface area (TPSA) is 15.3 Å². The van der Waals surface area contributed by atoms with E-state index in [1.165, 1.54) is 23.2 Å². The third kappa shape index (κ3) is 4.37. The molecule has 1 aromatic heterocycles. The highest BCUT2D eigenvalue weighted by atomic mass is 32.1. The van der Waals surface area contributed by atoms with Crippen LogP contribution < -0.4 is 10.2 Å². The molecule has 0 aliphatic rings. The summed E-state index contributed by atoms with van der Waals surface area (Å²) in [6, 6.07) is 11.0. The van der Waals surface area contributed by atoms with Gasteiger partial charge in [0.2, 0.25) is 0 Å². The number of nitrogens with zero attached hydrogens (tertiary/aromatic N) is 1. The minimum atomic E-state index is 0.961. The van der Waals surface area contributed by atoms with E-state index in [0.717, 1.165) is 19.6 Å². The average molecular weight is 274 g/mol. The van der Waals surface area contributed by atoms with Crippen LogP contribution in [-0.2, 0) is 13.1 Å². The van der Waals surface area contributed by atoms with Crippen molar-refractivity contribution in [3.63, 3.8) is 0 Å². The van der Waals surface area contributed by atoms with Gasteiger partial charge in [0, 0.05) is 25.8 Å². The summed E-state index contributed by atoms with van der Waals surface area (Å²) >= 11 is 1.76. The van der Waals surface area contributed by atoms with Gasteiger partial charge in [0.15, 0.2) is 0 Å². The smallest absolute Gasteiger partial charge is 0.0434 e. The molecule has 0 atom stereocenters. The molecular weight excluding hydrogens is 252 g/mol.